The number of fused-ring (bicyclic) bond motifs is 2. The summed E-state index contributed by atoms with van der Waals surface area (Å²) in [5.41, 5.74) is 1.91. The van der Waals surface area contributed by atoms with Crippen molar-refractivity contribution < 1.29 is 28.7 Å². The molecule has 2 N–H and O–H groups in total. The zero-order chi connectivity index (χ0) is 27.3. The second kappa shape index (κ2) is 11.3. The Hall–Kier alpha value is -4.46. The molecule has 0 bridgehead atoms. The average Bonchev–Trinajstić information content (AvgIpc) is 2.89. The van der Waals surface area contributed by atoms with Gasteiger partial charge in [0.25, 0.3) is 0 Å². The minimum Gasteiger partial charge on any atom is -0.464 e. The molecule has 0 fully saturated rings. The van der Waals surface area contributed by atoms with E-state index in [9.17, 15) is 19.2 Å². The van der Waals surface area contributed by atoms with Crippen molar-refractivity contribution in [2.75, 3.05) is 18.5 Å². The van der Waals surface area contributed by atoms with Crippen molar-refractivity contribution in [2.24, 2.45) is 0 Å². The Balaban J connectivity index is 1.36. The lowest BCUT2D eigenvalue weighted by molar-refractivity contribution is -0.146. The highest BCUT2D eigenvalue weighted by Gasteiger charge is 2.31. The number of alkyl carbamates (subject to hydrolysis) is 1. The third-order valence-electron chi connectivity index (χ3n) is 5.86. The van der Waals surface area contributed by atoms with Gasteiger partial charge in [0, 0.05) is 28.9 Å². The molecule has 0 heterocycles. The molecule has 1 atom stereocenters. The predicted octanol–water partition coefficient (Wildman–Crippen LogP) is 5.07. The molecule has 8 nitrogen and oxygen atoms in total. The number of rotatable bonds is 8. The third-order valence-corrected chi connectivity index (χ3v) is 5.86. The zero-order valence-electron chi connectivity index (χ0n) is 21.6. The van der Waals surface area contributed by atoms with Crippen molar-refractivity contribution in [3.63, 3.8) is 0 Å². The van der Waals surface area contributed by atoms with Crippen molar-refractivity contribution in [3.05, 3.63) is 101 Å². The van der Waals surface area contributed by atoms with Gasteiger partial charge < -0.3 is 20.1 Å². The molecule has 8 heteroatoms. The lowest BCUT2D eigenvalue weighted by Gasteiger charge is -2.23. The Bertz CT molecular complexity index is 1360. The monoisotopic (exact) mass is 514 g/mol. The maximum atomic E-state index is 13.1. The van der Waals surface area contributed by atoms with Gasteiger partial charge >= 0.3 is 12.1 Å². The van der Waals surface area contributed by atoms with Crippen molar-refractivity contribution >= 4 is 29.3 Å². The molecule has 0 saturated heterocycles. The van der Waals surface area contributed by atoms with Gasteiger partial charge in [0.2, 0.25) is 0 Å². The van der Waals surface area contributed by atoms with Crippen LogP contribution in [-0.2, 0) is 14.3 Å². The van der Waals surface area contributed by atoms with Crippen LogP contribution in [-0.4, -0.2) is 42.4 Å². The highest BCUT2D eigenvalue weighted by molar-refractivity contribution is 6.30. The van der Waals surface area contributed by atoms with Gasteiger partial charge in [-0.25, -0.2) is 9.59 Å². The van der Waals surface area contributed by atoms with Crippen LogP contribution in [0.15, 0.2) is 72.8 Å². The van der Waals surface area contributed by atoms with Gasteiger partial charge in [-0.1, -0.05) is 66.7 Å². The van der Waals surface area contributed by atoms with E-state index in [1.165, 1.54) is 0 Å². The first kappa shape index (κ1) is 26.6. The molecule has 0 unspecified atom stereocenters. The fourth-order valence-electron chi connectivity index (χ4n) is 4.19. The number of hydrogen-bond donors (Lipinski definition) is 2. The first-order valence-corrected chi connectivity index (χ1v) is 12.4. The molecule has 38 heavy (non-hydrogen) atoms. The SMILES string of the molecule is CC(C)(C)OC(=O)N[C@@H](C(=O)OCCCNc1cccc2c1C(=O)c1ccccc1C2=O)c1ccccc1. The molecule has 196 valence electrons. The third kappa shape index (κ3) is 6.08. The molecule has 0 spiro atoms. The Morgan fingerprint density at radius 2 is 1.45 bits per heavy atom. The number of esters is 1. The fourth-order valence-corrected chi connectivity index (χ4v) is 4.19. The highest BCUT2D eigenvalue weighted by atomic mass is 16.6. The lowest BCUT2D eigenvalue weighted by Crippen LogP contribution is -2.38. The maximum absolute atomic E-state index is 13.1. The number of ether oxygens (including phenoxy) is 2. The minimum absolute atomic E-state index is 0.0793. The normalized spacial score (nSPS) is 13.1. The summed E-state index contributed by atoms with van der Waals surface area (Å²) < 4.78 is 10.8. The summed E-state index contributed by atoms with van der Waals surface area (Å²) >= 11 is 0. The van der Waals surface area contributed by atoms with Gasteiger partial charge in [0.1, 0.15) is 5.60 Å². The molecule has 0 aliphatic heterocycles. The molecule has 1 aliphatic carbocycles. The first-order chi connectivity index (χ1) is 18.2. The molecule has 0 aromatic heterocycles. The van der Waals surface area contributed by atoms with E-state index in [2.05, 4.69) is 10.6 Å². The summed E-state index contributed by atoms with van der Waals surface area (Å²) in [7, 11) is 0. The molecule has 3 aromatic carbocycles. The van der Waals surface area contributed by atoms with E-state index in [1.807, 2.05) is 6.07 Å². The Morgan fingerprint density at radius 1 is 0.816 bits per heavy atom. The van der Waals surface area contributed by atoms with Gasteiger partial charge in [-0.05, 0) is 38.8 Å². The molecule has 0 saturated carbocycles. The zero-order valence-corrected chi connectivity index (χ0v) is 21.6. The van der Waals surface area contributed by atoms with Crippen molar-refractivity contribution in [2.45, 2.75) is 38.8 Å². The Labute approximate surface area is 221 Å². The van der Waals surface area contributed by atoms with Gasteiger partial charge in [-0.2, -0.15) is 0 Å². The smallest absolute Gasteiger partial charge is 0.408 e. The molecule has 1 amide bonds. The number of nitrogens with one attached hydrogen (secondary N) is 2. The van der Waals surface area contributed by atoms with Crippen LogP contribution in [0.2, 0.25) is 0 Å². The standard InChI is InChI=1S/C30H30N2O6/c1-30(2,3)38-29(36)32-25(19-11-5-4-6-12-19)28(35)37-18-10-17-31-23-16-9-15-22-24(23)27(34)21-14-8-7-13-20(21)26(22)33/h4-9,11-16,25,31H,10,17-18H2,1-3H3,(H,32,36)/t25-/m1/s1. The van der Waals surface area contributed by atoms with Crippen LogP contribution < -0.4 is 10.6 Å². The lowest BCUT2D eigenvalue weighted by atomic mass is 9.83. The van der Waals surface area contributed by atoms with Crippen LogP contribution in [0.5, 0.6) is 0 Å². The highest BCUT2D eigenvalue weighted by Crippen LogP contribution is 2.31. The van der Waals surface area contributed by atoms with Crippen LogP contribution in [0.4, 0.5) is 10.5 Å². The van der Waals surface area contributed by atoms with E-state index in [0.717, 1.165) is 0 Å². The van der Waals surface area contributed by atoms with E-state index in [4.69, 9.17) is 9.47 Å². The van der Waals surface area contributed by atoms with E-state index in [0.29, 0.717) is 46.5 Å². The summed E-state index contributed by atoms with van der Waals surface area (Å²) in [6, 6.07) is 19.7. The summed E-state index contributed by atoms with van der Waals surface area (Å²) in [6.45, 7) is 5.68. The molecular weight excluding hydrogens is 484 g/mol. The quantitative estimate of drug-likeness (QED) is 0.249. The van der Waals surface area contributed by atoms with E-state index < -0.39 is 23.7 Å². The van der Waals surface area contributed by atoms with E-state index >= 15 is 0 Å². The number of carbonyl (C=O) groups is 4. The van der Waals surface area contributed by atoms with Crippen molar-refractivity contribution in [3.8, 4) is 0 Å². The summed E-state index contributed by atoms with van der Waals surface area (Å²) in [6.07, 6.45) is -0.290. The molecule has 4 rings (SSSR count). The number of hydrogen-bond acceptors (Lipinski definition) is 7. The second-order valence-corrected chi connectivity index (χ2v) is 9.87. The molecule has 1 aliphatic rings. The van der Waals surface area contributed by atoms with Crippen LogP contribution in [0.1, 0.15) is 70.6 Å². The van der Waals surface area contributed by atoms with Crippen molar-refractivity contribution in [1.82, 2.24) is 5.32 Å². The topological polar surface area (TPSA) is 111 Å². The molecular formula is C30H30N2O6. The number of amides is 1. The average molecular weight is 515 g/mol. The summed E-state index contributed by atoms with van der Waals surface area (Å²) in [4.78, 5) is 51.2. The molecule has 3 aromatic rings. The van der Waals surface area contributed by atoms with Crippen LogP contribution in [0, 0.1) is 0 Å². The largest absolute Gasteiger partial charge is 0.464 e. The summed E-state index contributed by atoms with van der Waals surface area (Å²) in [5.74, 6) is -1.00. The summed E-state index contributed by atoms with van der Waals surface area (Å²) in [5, 5.41) is 5.78. The van der Waals surface area contributed by atoms with Crippen LogP contribution in [0.25, 0.3) is 0 Å². The van der Waals surface area contributed by atoms with E-state index in [-0.39, 0.29) is 18.2 Å². The number of carbonyl (C=O) groups excluding carboxylic acids is 4. The Kier molecular flexibility index (Phi) is 7.90. The minimum atomic E-state index is -1.02. The van der Waals surface area contributed by atoms with Crippen LogP contribution >= 0.6 is 0 Å². The maximum Gasteiger partial charge on any atom is 0.408 e. The van der Waals surface area contributed by atoms with Gasteiger partial charge in [0.15, 0.2) is 17.6 Å². The first-order valence-electron chi connectivity index (χ1n) is 12.4. The van der Waals surface area contributed by atoms with Gasteiger partial charge in [-0.3, -0.25) is 9.59 Å². The van der Waals surface area contributed by atoms with Gasteiger partial charge in [-0.15, -0.1) is 0 Å². The number of anilines is 1. The van der Waals surface area contributed by atoms with E-state index in [1.54, 1.807) is 87.5 Å². The molecule has 0 radical (unpaired) electrons. The van der Waals surface area contributed by atoms with Crippen LogP contribution in [0.3, 0.4) is 0 Å². The van der Waals surface area contributed by atoms with Crippen molar-refractivity contribution in [1.29, 1.82) is 0 Å². The van der Waals surface area contributed by atoms with Gasteiger partial charge in [0.05, 0.1) is 12.2 Å². The predicted molar refractivity (Wildman–Crippen MR) is 142 cm³/mol. The number of benzene rings is 3. The number of ketones is 2. The Morgan fingerprint density at radius 3 is 2.13 bits per heavy atom. The fraction of sp³-hybridized carbons (Fsp3) is 0.267. The second-order valence-electron chi connectivity index (χ2n) is 9.87.